The van der Waals surface area contributed by atoms with Gasteiger partial charge < -0.3 is 15.6 Å². The van der Waals surface area contributed by atoms with Crippen LogP contribution in [0.15, 0.2) is 47.0 Å². The minimum absolute atomic E-state index is 0.0585. The van der Waals surface area contributed by atoms with Crippen LogP contribution in [-0.2, 0) is 20.1 Å². The van der Waals surface area contributed by atoms with Crippen LogP contribution in [0.5, 0.6) is 0 Å². The van der Waals surface area contributed by atoms with Crippen molar-refractivity contribution in [3.8, 4) is 0 Å². The number of carbonyl (C=O) groups excluding carboxylic acids is 1. The van der Waals surface area contributed by atoms with E-state index in [0.717, 1.165) is 6.21 Å². The van der Waals surface area contributed by atoms with Crippen molar-refractivity contribution in [2.45, 2.75) is 12.1 Å². The molecule has 0 amide bonds. The number of cyclic esters (lactones) is 1. The van der Waals surface area contributed by atoms with E-state index in [0.29, 0.717) is 5.56 Å². The van der Waals surface area contributed by atoms with Crippen LogP contribution in [0.25, 0.3) is 0 Å². The highest BCUT2D eigenvalue weighted by Gasteiger charge is 2.38. The van der Waals surface area contributed by atoms with Gasteiger partial charge in [0.05, 0.1) is 0 Å². The highest BCUT2D eigenvalue weighted by Crippen LogP contribution is 2.33. The summed E-state index contributed by atoms with van der Waals surface area (Å²) in [5.41, 5.74) is 4.62. The second kappa shape index (κ2) is 5.66. The monoisotopic (exact) mass is 274 g/mol. The standard InChI is InChI=1S/C14H14N2O4/c15-7-6-10(13(18)19)8-14(16-9-12(17)20-14)11-4-2-1-3-5-11/h1-5,8-9H,6-7,15H2,(H,18,19). The minimum Gasteiger partial charge on any atom is -0.478 e. The molecule has 1 atom stereocenters. The molecule has 0 aromatic heterocycles. The molecule has 3 N–H and O–H groups in total. The Morgan fingerprint density at radius 2 is 2.10 bits per heavy atom. The number of hydrogen-bond acceptors (Lipinski definition) is 5. The second-order valence-corrected chi connectivity index (χ2v) is 4.26. The third-order valence-electron chi connectivity index (χ3n) is 2.86. The van der Waals surface area contributed by atoms with E-state index < -0.39 is 17.7 Å². The fourth-order valence-corrected chi connectivity index (χ4v) is 1.95. The van der Waals surface area contributed by atoms with Gasteiger partial charge in [0.1, 0.15) is 6.21 Å². The first-order chi connectivity index (χ1) is 9.57. The number of nitrogens with two attached hydrogens (primary N) is 1. The Hall–Kier alpha value is -2.47. The maximum absolute atomic E-state index is 11.4. The summed E-state index contributed by atoms with van der Waals surface area (Å²) in [5.74, 6) is -1.72. The lowest BCUT2D eigenvalue weighted by atomic mass is 9.99. The molecule has 0 saturated carbocycles. The van der Waals surface area contributed by atoms with Crippen LogP contribution < -0.4 is 5.73 Å². The molecule has 0 radical (unpaired) electrons. The number of carbonyl (C=O) groups is 2. The Morgan fingerprint density at radius 3 is 2.60 bits per heavy atom. The fourth-order valence-electron chi connectivity index (χ4n) is 1.95. The van der Waals surface area contributed by atoms with Crippen LogP contribution in [0.1, 0.15) is 12.0 Å². The number of esters is 1. The Labute approximate surface area is 115 Å². The number of ether oxygens (including phenoxy) is 1. The van der Waals surface area contributed by atoms with Crippen molar-refractivity contribution in [3.05, 3.63) is 47.5 Å². The lowest BCUT2D eigenvalue weighted by molar-refractivity contribution is -0.143. The summed E-state index contributed by atoms with van der Waals surface area (Å²) in [7, 11) is 0. The Kier molecular flexibility index (Phi) is 3.95. The predicted octanol–water partition coefficient (Wildman–Crippen LogP) is 0.827. The van der Waals surface area contributed by atoms with Gasteiger partial charge in [-0.15, -0.1) is 0 Å². The normalized spacial score (nSPS) is 21.9. The van der Waals surface area contributed by atoms with E-state index in [1.165, 1.54) is 6.08 Å². The molecule has 0 bridgehead atoms. The number of benzene rings is 1. The molecule has 6 heteroatoms. The Morgan fingerprint density at radius 1 is 1.40 bits per heavy atom. The van der Waals surface area contributed by atoms with Gasteiger partial charge in [-0.05, 0) is 19.0 Å². The molecule has 0 aliphatic carbocycles. The third kappa shape index (κ3) is 2.75. The van der Waals surface area contributed by atoms with E-state index in [9.17, 15) is 14.7 Å². The maximum atomic E-state index is 11.4. The van der Waals surface area contributed by atoms with Gasteiger partial charge in [-0.25, -0.2) is 14.6 Å². The van der Waals surface area contributed by atoms with E-state index in [1.807, 2.05) is 0 Å². The molecular weight excluding hydrogens is 260 g/mol. The average molecular weight is 274 g/mol. The fraction of sp³-hybridized carbons (Fsp3) is 0.214. The molecule has 1 aliphatic rings. The highest BCUT2D eigenvalue weighted by atomic mass is 16.6. The van der Waals surface area contributed by atoms with Crippen LogP contribution >= 0.6 is 0 Å². The van der Waals surface area contributed by atoms with E-state index >= 15 is 0 Å². The number of rotatable bonds is 5. The van der Waals surface area contributed by atoms with Gasteiger partial charge in [0.15, 0.2) is 0 Å². The molecule has 0 spiro atoms. The summed E-state index contributed by atoms with van der Waals surface area (Å²) >= 11 is 0. The molecule has 1 heterocycles. The van der Waals surface area contributed by atoms with Gasteiger partial charge in [0.25, 0.3) is 0 Å². The zero-order valence-corrected chi connectivity index (χ0v) is 10.7. The highest BCUT2D eigenvalue weighted by molar-refractivity contribution is 6.24. The Balaban J connectivity index is 2.49. The number of carboxylic acids is 1. The van der Waals surface area contributed by atoms with Crippen molar-refractivity contribution >= 4 is 18.2 Å². The largest absolute Gasteiger partial charge is 0.478 e. The van der Waals surface area contributed by atoms with Crippen molar-refractivity contribution in [1.82, 2.24) is 0 Å². The molecule has 1 aromatic rings. The summed E-state index contributed by atoms with van der Waals surface area (Å²) < 4.78 is 5.22. The van der Waals surface area contributed by atoms with Crippen LogP contribution in [-0.4, -0.2) is 29.8 Å². The first-order valence-corrected chi connectivity index (χ1v) is 6.06. The molecule has 2 rings (SSSR count). The number of hydrogen-bond donors (Lipinski definition) is 2. The lowest BCUT2D eigenvalue weighted by Crippen LogP contribution is -2.25. The average Bonchev–Trinajstić information content (AvgIpc) is 2.82. The van der Waals surface area contributed by atoms with E-state index in [1.54, 1.807) is 30.3 Å². The predicted molar refractivity (Wildman–Crippen MR) is 72.1 cm³/mol. The maximum Gasteiger partial charge on any atom is 0.351 e. The quantitative estimate of drug-likeness (QED) is 0.611. The van der Waals surface area contributed by atoms with Crippen molar-refractivity contribution in [3.63, 3.8) is 0 Å². The molecule has 1 aliphatic heterocycles. The van der Waals surface area contributed by atoms with Crippen LogP contribution in [0.3, 0.4) is 0 Å². The van der Waals surface area contributed by atoms with E-state index in [-0.39, 0.29) is 18.5 Å². The molecule has 104 valence electrons. The van der Waals surface area contributed by atoms with Gasteiger partial charge in [-0.3, -0.25) is 0 Å². The first-order valence-electron chi connectivity index (χ1n) is 6.06. The summed E-state index contributed by atoms with van der Waals surface area (Å²) in [6.45, 7) is 0.181. The zero-order valence-electron chi connectivity index (χ0n) is 10.7. The van der Waals surface area contributed by atoms with Crippen molar-refractivity contribution in [2.75, 3.05) is 6.54 Å². The molecule has 0 fully saturated rings. The van der Waals surface area contributed by atoms with Crippen LogP contribution in [0.4, 0.5) is 0 Å². The molecule has 6 nitrogen and oxygen atoms in total. The van der Waals surface area contributed by atoms with Gasteiger partial charge >= 0.3 is 11.9 Å². The van der Waals surface area contributed by atoms with Crippen molar-refractivity contribution in [2.24, 2.45) is 10.7 Å². The topological polar surface area (TPSA) is 102 Å². The van der Waals surface area contributed by atoms with Gasteiger partial charge in [-0.2, -0.15) is 0 Å². The SMILES string of the molecule is NCCC(=CC1(c2ccccc2)N=CC(=O)O1)C(=O)O. The number of carboxylic acid groups (broad SMARTS) is 1. The lowest BCUT2D eigenvalue weighted by Gasteiger charge is -2.22. The molecule has 1 aromatic carbocycles. The summed E-state index contributed by atoms with van der Waals surface area (Å²) in [5, 5.41) is 9.18. The van der Waals surface area contributed by atoms with Crippen LogP contribution in [0.2, 0.25) is 0 Å². The minimum atomic E-state index is -1.42. The first kappa shape index (κ1) is 14.0. The molecule has 1 unspecified atom stereocenters. The van der Waals surface area contributed by atoms with Crippen molar-refractivity contribution in [1.29, 1.82) is 0 Å². The molecule has 0 saturated heterocycles. The summed E-state index contributed by atoms with van der Waals surface area (Å²) in [6, 6.07) is 8.76. The van der Waals surface area contributed by atoms with Gasteiger partial charge in [0, 0.05) is 11.1 Å². The van der Waals surface area contributed by atoms with E-state index in [4.69, 9.17) is 10.5 Å². The third-order valence-corrected chi connectivity index (χ3v) is 2.86. The van der Waals surface area contributed by atoms with Gasteiger partial charge in [-0.1, -0.05) is 30.3 Å². The van der Waals surface area contributed by atoms with Crippen LogP contribution in [0, 0.1) is 0 Å². The summed E-state index contributed by atoms with van der Waals surface area (Å²) in [4.78, 5) is 26.6. The van der Waals surface area contributed by atoms with E-state index in [2.05, 4.69) is 4.99 Å². The smallest absolute Gasteiger partial charge is 0.351 e. The van der Waals surface area contributed by atoms with Gasteiger partial charge in [0.2, 0.25) is 5.72 Å². The molecular formula is C14H14N2O4. The summed E-state index contributed by atoms with van der Waals surface area (Å²) in [6.07, 6.45) is 2.54. The zero-order chi connectivity index (χ0) is 14.6. The molecule has 20 heavy (non-hydrogen) atoms. The Bertz CT molecular complexity index is 580. The number of aliphatic imine (C=N–C) groups is 1. The second-order valence-electron chi connectivity index (χ2n) is 4.26. The number of nitrogens with zero attached hydrogens (tertiary/aromatic N) is 1. The number of aliphatic carboxylic acids is 1. The van der Waals surface area contributed by atoms with Crippen molar-refractivity contribution < 1.29 is 19.4 Å².